The number of para-hydroxylation sites is 1. The summed E-state index contributed by atoms with van der Waals surface area (Å²) in [5.41, 5.74) is 2.77. The number of halogens is 1. The Morgan fingerprint density at radius 3 is 2.62 bits per heavy atom. The Morgan fingerprint density at radius 2 is 1.96 bits per heavy atom. The van der Waals surface area contributed by atoms with Gasteiger partial charge in [0, 0.05) is 26.4 Å². The van der Waals surface area contributed by atoms with Crippen molar-refractivity contribution in [3.8, 4) is 11.5 Å². The van der Waals surface area contributed by atoms with Gasteiger partial charge >= 0.3 is 5.69 Å². The van der Waals surface area contributed by atoms with Gasteiger partial charge in [-0.3, -0.25) is 10.1 Å². The molecular weight excluding hydrogens is 311 g/mol. The molecule has 124 valence electrons. The molecule has 0 saturated carbocycles. The Kier molecular flexibility index (Phi) is 4.20. The van der Waals surface area contributed by atoms with Crippen LogP contribution in [0.3, 0.4) is 0 Å². The second-order valence-electron chi connectivity index (χ2n) is 5.88. The van der Waals surface area contributed by atoms with Crippen LogP contribution >= 0.6 is 0 Å². The summed E-state index contributed by atoms with van der Waals surface area (Å²) in [6.45, 7) is 0. The molecule has 0 unspecified atom stereocenters. The van der Waals surface area contributed by atoms with Gasteiger partial charge in [-0.25, -0.2) is 4.39 Å². The number of fused-ring (bicyclic) bond motifs is 1. The average Bonchev–Trinajstić information content (AvgIpc) is 2.90. The van der Waals surface area contributed by atoms with E-state index in [1.165, 1.54) is 24.3 Å². The number of aryl methyl sites for hydroxylation is 1. The molecule has 24 heavy (non-hydrogen) atoms. The van der Waals surface area contributed by atoms with Crippen molar-refractivity contribution >= 4 is 11.3 Å². The van der Waals surface area contributed by atoms with Gasteiger partial charge in [0.15, 0.2) is 11.6 Å². The number of ether oxygens (including phenoxy) is 1. The van der Waals surface area contributed by atoms with Gasteiger partial charge in [-0.05, 0) is 47.7 Å². The zero-order chi connectivity index (χ0) is 17.3. The van der Waals surface area contributed by atoms with Crippen molar-refractivity contribution in [1.82, 2.24) is 4.90 Å². The Labute approximate surface area is 139 Å². The largest absolute Gasteiger partial charge is 0.447 e. The van der Waals surface area contributed by atoms with Crippen LogP contribution in [0.5, 0.6) is 11.5 Å². The summed E-state index contributed by atoms with van der Waals surface area (Å²) in [7, 11) is 3.85. The van der Waals surface area contributed by atoms with Gasteiger partial charge in [-0.2, -0.15) is 0 Å². The van der Waals surface area contributed by atoms with E-state index in [-0.39, 0.29) is 17.2 Å². The van der Waals surface area contributed by atoms with Crippen LogP contribution < -0.4 is 4.74 Å². The highest BCUT2D eigenvalue weighted by Crippen LogP contribution is 2.41. The first-order chi connectivity index (χ1) is 11.5. The fourth-order valence-electron chi connectivity index (χ4n) is 2.84. The maximum Gasteiger partial charge on any atom is 0.311 e. The van der Waals surface area contributed by atoms with E-state index in [0.29, 0.717) is 0 Å². The molecule has 1 aliphatic rings. The van der Waals surface area contributed by atoms with Gasteiger partial charge in [0.2, 0.25) is 5.75 Å². The van der Waals surface area contributed by atoms with E-state index in [4.69, 9.17) is 4.74 Å². The van der Waals surface area contributed by atoms with Crippen LogP contribution in [0.15, 0.2) is 42.6 Å². The Balaban J connectivity index is 2.08. The highest BCUT2D eigenvalue weighted by molar-refractivity contribution is 5.76. The third-order valence-electron chi connectivity index (χ3n) is 3.86. The molecule has 0 radical (unpaired) electrons. The first-order valence-corrected chi connectivity index (χ1v) is 7.57. The highest BCUT2D eigenvalue weighted by Gasteiger charge is 2.25. The molecule has 0 saturated heterocycles. The van der Waals surface area contributed by atoms with Gasteiger partial charge in [-0.15, -0.1) is 0 Å². The number of nitro groups is 1. The highest BCUT2D eigenvalue weighted by atomic mass is 19.1. The molecule has 0 atom stereocenters. The van der Waals surface area contributed by atoms with Crippen LogP contribution in [0.25, 0.3) is 5.57 Å². The second kappa shape index (κ2) is 6.31. The van der Waals surface area contributed by atoms with Crippen LogP contribution in [0.4, 0.5) is 10.1 Å². The lowest BCUT2D eigenvalue weighted by Gasteiger charge is -2.11. The van der Waals surface area contributed by atoms with E-state index in [1.54, 1.807) is 12.1 Å². The lowest BCUT2D eigenvalue weighted by molar-refractivity contribution is -0.385. The zero-order valence-electron chi connectivity index (χ0n) is 13.5. The quantitative estimate of drug-likeness (QED) is 0.617. The fourth-order valence-corrected chi connectivity index (χ4v) is 2.84. The van der Waals surface area contributed by atoms with Crippen LogP contribution in [0.2, 0.25) is 0 Å². The molecule has 0 amide bonds. The molecular formula is C18H17FN2O3. The maximum absolute atomic E-state index is 13.8. The molecule has 0 fully saturated rings. The first kappa shape index (κ1) is 16.0. The summed E-state index contributed by atoms with van der Waals surface area (Å²) in [5.74, 6) is -0.538. The normalized spacial score (nSPS) is 14.5. The van der Waals surface area contributed by atoms with Gasteiger partial charge in [0.25, 0.3) is 0 Å². The summed E-state index contributed by atoms with van der Waals surface area (Å²) in [6.07, 6.45) is 3.55. The molecule has 1 aliphatic carbocycles. The van der Waals surface area contributed by atoms with Crippen molar-refractivity contribution < 1.29 is 14.1 Å². The van der Waals surface area contributed by atoms with Gasteiger partial charge in [-0.1, -0.05) is 12.1 Å². The SMILES string of the molecule is CN(C)/C=C1/CCc2cc([N+](=O)[O-])c(Oc3ccccc3F)cc21. The summed E-state index contributed by atoms with van der Waals surface area (Å²) >= 11 is 0. The van der Waals surface area contributed by atoms with Gasteiger partial charge in [0.05, 0.1) is 4.92 Å². The number of nitro benzene ring substituents is 1. The minimum atomic E-state index is -0.559. The lowest BCUT2D eigenvalue weighted by Crippen LogP contribution is -2.02. The summed E-state index contributed by atoms with van der Waals surface area (Å²) < 4.78 is 19.3. The molecule has 6 heteroatoms. The average molecular weight is 328 g/mol. The van der Waals surface area contributed by atoms with Gasteiger partial charge < -0.3 is 9.64 Å². The lowest BCUT2D eigenvalue weighted by atomic mass is 10.1. The van der Waals surface area contributed by atoms with E-state index in [1.807, 2.05) is 25.2 Å². The van der Waals surface area contributed by atoms with Crippen LogP contribution in [0.1, 0.15) is 17.5 Å². The van der Waals surface area contributed by atoms with E-state index in [0.717, 1.165) is 29.5 Å². The number of nitrogens with zero attached hydrogens (tertiary/aromatic N) is 2. The molecule has 0 N–H and O–H groups in total. The van der Waals surface area contributed by atoms with Crippen LogP contribution in [-0.2, 0) is 6.42 Å². The van der Waals surface area contributed by atoms with Crippen molar-refractivity contribution in [2.24, 2.45) is 0 Å². The number of benzene rings is 2. The number of rotatable bonds is 4. The van der Waals surface area contributed by atoms with Crippen molar-refractivity contribution in [2.45, 2.75) is 12.8 Å². The molecule has 0 aromatic heterocycles. The smallest absolute Gasteiger partial charge is 0.311 e. The molecule has 0 aliphatic heterocycles. The van der Waals surface area contributed by atoms with E-state index < -0.39 is 10.7 Å². The minimum absolute atomic E-state index is 0.0308. The Hall–Kier alpha value is -2.89. The monoisotopic (exact) mass is 328 g/mol. The minimum Gasteiger partial charge on any atom is -0.447 e. The third-order valence-corrected chi connectivity index (χ3v) is 3.86. The number of hydrogen-bond acceptors (Lipinski definition) is 4. The number of hydrogen-bond donors (Lipinski definition) is 0. The molecule has 0 bridgehead atoms. The topological polar surface area (TPSA) is 55.6 Å². The van der Waals surface area contributed by atoms with Crippen LogP contribution in [0, 0.1) is 15.9 Å². The van der Waals surface area contributed by atoms with E-state index >= 15 is 0 Å². The van der Waals surface area contributed by atoms with Crippen molar-refractivity contribution in [1.29, 1.82) is 0 Å². The Morgan fingerprint density at radius 1 is 1.21 bits per heavy atom. The first-order valence-electron chi connectivity index (χ1n) is 7.57. The number of allylic oxidation sites excluding steroid dienone is 1. The van der Waals surface area contributed by atoms with E-state index in [2.05, 4.69) is 0 Å². The molecule has 2 aromatic carbocycles. The molecule has 0 spiro atoms. The third kappa shape index (κ3) is 3.08. The molecule has 3 rings (SSSR count). The Bertz CT molecular complexity index is 831. The summed E-state index contributed by atoms with van der Waals surface area (Å²) in [5, 5.41) is 11.4. The molecule has 5 nitrogen and oxygen atoms in total. The second-order valence-corrected chi connectivity index (χ2v) is 5.88. The van der Waals surface area contributed by atoms with Crippen molar-refractivity contribution in [3.63, 3.8) is 0 Å². The molecule has 0 heterocycles. The van der Waals surface area contributed by atoms with Crippen molar-refractivity contribution in [3.05, 3.63) is 69.7 Å². The summed E-state index contributed by atoms with van der Waals surface area (Å²) in [6, 6.07) is 9.03. The van der Waals surface area contributed by atoms with Crippen LogP contribution in [-0.4, -0.2) is 23.9 Å². The summed E-state index contributed by atoms with van der Waals surface area (Å²) in [4.78, 5) is 12.8. The molecule has 2 aromatic rings. The fraction of sp³-hybridized carbons (Fsp3) is 0.222. The van der Waals surface area contributed by atoms with Crippen molar-refractivity contribution in [2.75, 3.05) is 14.1 Å². The maximum atomic E-state index is 13.8. The standard InChI is InChI=1S/C18H17FN2O3/c1-20(2)11-13-8-7-12-9-16(21(22)23)18(10-14(12)13)24-17-6-4-3-5-15(17)19/h3-6,9-11H,7-8H2,1-2H3/b13-11-. The van der Waals surface area contributed by atoms with E-state index in [9.17, 15) is 14.5 Å². The predicted molar refractivity (Wildman–Crippen MR) is 89.6 cm³/mol. The van der Waals surface area contributed by atoms with Gasteiger partial charge in [0.1, 0.15) is 0 Å². The predicted octanol–water partition coefficient (Wildman–Crippen LogP) is 4.37. The zero-order valence-corrected chi connectivity index (χ0v) is 13.5.